The summed E-state index contributed by atoms with van der Waals surface area (Å²) in [7, 11) is 0. The predicted molar refractivity (Wildman–Crippen MR) is 68.0 cm³/mol. The van der Waals surface area contributed by atoms with Gasteiger partial charge in [-0.25, -0.2) is 9.48 Å². The Bertz CT molecular complexity index is 526. The van der Waals surface area contributed by atoms with Crippen molar-refractivity contribution >= 4 is 5.78 Å². The SMILES string of the molecule is O=C(Cn1nc2n(c1=O)CCCCC2)C1CCOC1. The van der Waals surface area contributed by atoms with Gasteiger partial charge in [0.2, 0.25) is 0 Å². The van der Waals surface area contributed by atoms with Gasteiger partial charge in [0.15, 0.2) is 5.78 Å². The molecule has 1 aromatic heterocycles. The maximum atomic E-state index is 12.2. The number of carbonyl (C=O) groups is 1. The largest absolute Gasteiger partial charge is 0.381 e. The molecule has 6 nitrogen and oxygen atoms in total. The molecule has 2 aliphatic heterocycles. The van der Waals surface area contributed by atoms with Gasteiger partial charge in [-0.1, -0.05) is 6.42 Å². The number of aromatic nitrogens is 3. The zero-order chi connectivity index (χ0) is 13.2. The van der Waals surface area contributed by atoms with Crippen LogP contribution in [0.15, 0.2) is 4.79 Å². The highest BCUT2D eigenvalue weighted by molar-refractivity contribution is 5.81. The number of hydrogen-bond donors (Lipinski definition) is 0. The van der Waals surface area contributed by atoms with Gasteiger partial charge in [0.25, 0.3) is 0 Å². The van der Waals surface area contributed by atoms with Gasteiger partial charge in [-0.3, -0.25) is 9.36 Å². The van der Waals surface area contributed by atoms with Crippen molar-refractivity contribution in [3.8, 4) is 0 Å². The van der Waals surface area contributed by atoms with Gasteiger partial charge < -0.3 is 4.74 Å². The molecule has 1 aromatic rings. The highest BCUT2D eigenvalue weighted by Crippen LogP contribution is 2.14. The average molecular weight is 265 g/mol. The van der Waals surface area contributed by atoms with Gasteiger partial charge in [-0.05, 0) is 19.3 Å². The second-order valence-electron chi connectivity index (χ2n) is 5.35. The molecule has 19 heavy (non-hydrogen) atoms. The number of carbonyl (C=O) groups excluding carboxylic acids is 1. The summed E-state index contributed by atoms with van der Waals surface area (Å²) in [5.74, 6) is 0.833. The molecule has 1 saturated heterocycles. The number of Topliss-reactive ketones (excluding diaryl/α,β-unsaturated/α-hetero) is 1. The summed E-state index contributed by atoms with van der Waals surface area (Å²) in [4.78, 5) is 24.3. The number of aryl methyl sites for hydroxylation is 1. The summed E-state index contributed by atoms with van der Waals surface area (Å²) in [6.45, 7) is 1.95. The molecule has 1 atom stereocenters. The topological polar surface area (TPSA) is 66.1 Å². The molecule has 0 spiro atoms. The van der Waals surface area contributed by atoms with E-state index in [2.05, 4.69) is 5.10 Å². The molecular weight excluding hydrogens is 246 g/mol. The van der Waals surface area contributed by atoms with Crippen LogP contribution in [-0.4, -0.2) is 33.3 Å². The number of nitrogens with zero attached hydrogens (tertiary/aromatic N) is 3. The lowest BCUT2D eigenvalue weighted by Crippen LogP contribution is -2.30. The fourth-order valence-corrected chi connectivity index (χ4v) is 2.79. The number of rotatable bonds is 3. The van der Waals surface area contributed by atoms with Crippen LogP contribution in [0.3, 0.4) is 0 Å². The van der Waals surface area contributed by atoms with Crippen LogP contribution in [0.1, 0.15) is 31.5 Å². The standard InChI is InChI=1S/C13H19N3O3/c17-11(10-5-7-19-9-10)8-16-13(18)15-6-3-1-2-4-12(15)14-16/h10H,1-9H2. The lowest BCUT2D eigenvalue weighted by molar-refractivity contribution is -0.123. The van der Waals surface area contributed by atoms with E-state index >= 15 is 0 Å². The van der Waals surface area contributed by atoms with E-state index in [4.69, 9.17) is 4.74 Å². The van der Waals surface area contributed by atoms with Gasteiger partial charge in [-0.15, -0.1) is 0 Å². The Balaban J connectivity index is 1.78. The zero-order valence-corrected chi connectivity index (χ0v) is 11.0. The summed E-state index contributed by atoms with van der Waals surface area (Å²) < 4.78 is 8.27. The van der Waals surface area contributed by atoms with Crippen molar-refractivity contribution in [1.82, 2.24) is 14.3 Å². The highest BCUT2D eigenvalue weighted by Gasteiger charge is 2.25. The molecule has 104 valence electrons. The molecule has 0 radical (unpaired) electrons. The van der Waals surface area contributed by atoms with E-state index in [1.54, 1.807) is 4.57 Å². The van der Waals surface area contributed by atoms with E-state index in [0.717, 1.165) is 44.5 Å². The smallest absolute Gasteiger partial charge is 0.346 e. The molecular formula is C13H19N3O3. The molecule has 1 fully saturated rings. The number of fused-ring (bicyclic) bond motifs is 1. The Hall–Kier alpha value is -1.43. The zero-order valence-electron chi connectivity index (χ0n) is 11.0. The molecule has 3 rings (SSSR count). The molecule has 0 bridgehead atoms. The molecule has 0 saturated carbocycles. The van der Waals surface area contributed by atoms with Gasteiger partial charge in [-0.2, -0.15) is 5.10 Å². The van der Waals surface area contributed by atoms with Crippen LogP contribution in [0.5, 0.6) is 0 Å². The summed E-state index contributed by atoms with van der Waals surface area (Å²) in [6, 6.07) is 0. The molecule has 0 aliphatic carbocycles. The maximum absolute atomic E-state index is 12.2. The first-order chi connectivity index (χ1) is 9.25. The minimum atomic E-state index is -0.135. The Morgan fingerprint density at radius 3 is 3.05 bits per heavy atom. The van der Waals surface area contributed by atoms with Crippen LogP contribution in [-0.2, 0) is 29.0 Å². The summed E-state index contributed by atoms with van der Waals surface area (Å²) in [5, 5.41) is 4.33. The van der Waals surface area contributed by atoms with Gasteiger partial charge in [0.1, 0.15) is 12.4 Å². The van der Waals surface area contributed by atoms with E-state index in [9.17, 15) is 9.59 Å². The second kappa shape index (κ2) is 5.28. The Kier molecular flexibility index (Phi) is 3.50. The molecule has 6 heteroatoms. The highest BCUT2D eigenvalue weighted by atomic mass is 16.5. The van der Waals surface area contributed by atoms with Crippen molar-refractivity contribution in [3.63, 3.8) is 0 Å². The van der Waals surface area contributed by atoms with E-state index in [1.807, 2.05) is 0 Å². The van der Waals surface area contributed by atoms with Crippen LogP contribution in [0.4, 0.5) is 0 Å². The van der Waals surface area contributed by atoms with Gasteiger partial charge in [0, 0.05) is 25.5 Å². The monoisotopic (exact) mass is 265 g/mol. The van der Waals surface area contributed by atoms with Gasteiger partial charge in [0.05, 0.1) is 6.61 Å². The first kappa shape index (κ1) is 12.6. The quantitative estimate of drug-likeness (QED) is 0.792. The van der Waals surface area contributed by atoms with Crippen molar-refractivity contribution in [3.05, 3.63) is 16.3 Å². The molecule has 0 aromatic carbocycles. The molecule has 0 N–H and O–H groups in total. The van der Waals surface area contributed by atoms with Crippen LogP contribution < -0.4 is 5.69 Å². The van der Waals surface area contributed by atoms with Crippen LogP contribution in [0.2, 0.25) is 0 Å². The van der Waals surface area contributed by atoms with Gasteiger partial charge >= 0.3 is 5.69 Å². The van der Waals surface area contributed by atoms with Crippen molar-refractivity contribution in [2.45, 2.75) is 45.2 Å². The number of ketones is 1. The lowest BCUT2D eigenvalue weighted by atomic mass is 10.0. The third-order valence-electron chi connectivity index (χ3n) is 3.97. The molecule has 0 amide bonds. The van der Waals surface area contributed by atoms with Crippen molar-refractivity contribution in [2.24, 2.45) is 5.92 Å². The molecule has 2 aliphatic rings. The van der Waals surface area contributed by atoms with E-state index in [0.29, 0.717) is 13.2 Å². The van der Waals surface area contributed by atoms with Crippen molar-refractivity contribution in [2.75, 3.05) is 13.2 Å². The van der Waals surface area contributed by atoms with Crippen molar-refractivity contribution < 1.29 is 9.53 Å². The minimum absolute atomic E-state index is 0.0617. The summed E-state index contributed by atoms with van der Waals surface area (Å²) in [6.07, 6.45) is 4.83. The Morgan fingerprint density at radius 1 is 1.37 bits per heavy atom. The van der Waals surface area contributed by atoms with Crippen LogP contribution in [0, 0.1) is 5.92 Å². The van der Waals surface area contributed by atoms with E-state index in [1.165, 1.54) is 4.68 Å². The molecule has 1 unspecified atom stereocenters. The molecule has 3 heterocycles. The first-order valence-corrected chi connectivity index (χ1v) is 7.02. The van der Waals surface area contributed by atoms with E-state index in [-0.39, 0.29) is 23.9 Å². The summed E-state index contributed by atoms with van der Waals surface area (Å²) in [5.41, 5.74) is -0.135. The summed E-state index contributed by atoms with van der Waals surface area (Å²) >= 11 is 0. The third kappa shape index (κ3) is 2.49. The predicted octanol–water partition coefficient (Wildman–Crippen LogP) is 0.377. The van der Waals surface area contributed by atoms with Crippen LogP contribution in [0.25, 0.3) is 0 Å². The Morgan fingerprint density at radius 2 is 2.26 bits per heavy atom. The third-order valence-corrected chi connectivity index (χ3v) is 3.97. The average Bonchev–Trinajstić information content (AvgIpc) is 2.95. The fraction of sp³-hybridized carbons (Fsp3) is 0.769. The first-order valence-electron chi connectivity index (χ1n) is 7.02. The van der Waals surface area contributed by atoms with Crippen LogP contribution >= 0.6 is 0 Å². The fourth-order valence-electron chi connectivity index (χ4n) is 2.79. The Labute approximate surface area is 111 Å². The maximum Gasteiger partial charge on any atom is 0.346 e. The number of ether oxygens (including phenoxy) is 1. The number of hydrogen-bond acceptors (Lipinski definition) is 4. The second-order valence-corrected chi connectivity index (χ2v) is 5.35. The minimum Gasteiger partial charge on any atom is -0.381 e. The normalized spacial score (nSPS) is 23.1. The lowest BCUT2D eigenvalue weighted by Gasteiger charge is -2.05. The van der Waals surface area contributed by atoms with Crippen molar-refractivity contribution in [1.29, 1.82) is 0 Å². The van der Waals surface area contributed by atoms with E-state index < -0.39 is 0 Å².